The zero-order valence-corrected chi connectivity index (χ0v) is 22.7. The molecule has 0 bridgehead atoms. The molecule has 3 heterocycles. The number of hydrogen-bond donors (Lipinski definition) is 3. The molecule has 216 valence electrons. The maximum atomic E-state index is 13.3. The minimum absolute atomic E-state index is 0.0158. The van der Waals surface area contributed by atoms with E-state index in [0.717, 1.165) is 0 Å². The Morgan fingerprint density at radius 2 is 1.38 bits per heavy atom. The fourth-order valence-electron chi connectivity index (χ4n) is 5.13. The molecule has 2 aliphatic heterocycles. The van der Waals surface area contributed by atoms with E-state index in [9.17, 15) is 20.1 Å². The van der Waals surface area contributed by atoms with E-state index in [1.165, 1.54) is 32.6 Å². The maximum absolute atomic E-state index is 13.3. The van der Waals surface area contributed by atoms with Crippen LogP contribution in [-0.4, -0.2) is 78.7 Å². The highest BCUT2D eigenvalue weighted by atomic mass is 16.7. The van der Waals surface area contributed by atoms with Crippen molar-refractivity contribution in [1.29, 1.82) is 0 Å². The van der Waals surface area contributed by atoms with Crippen molar-refractivity contribution in [1.82, 2.24) is 0 Å². The summed E-state index contributed by atoms with van der Waals surface area (Å²) in [6.45, 7) is 3.47. The average Bonchev–Trinajstić information content (AvgIpc) is 2.93. The fraction of sp³-hybridized carbons (Fsp3) is 0.483. The van der Waals surface area contributed by atoms with E-state index in [4.69, 9.17) is 32.8 Å². The van der Waals surface area contributed by atoms with Crippen LogP contribution in [0, 0.1) is 0 Å². The summed E-state index contributed by atoms with van der Waals surface area (Å²) >= 11 is 0. The van der Waals surface area contributed by atoms with Crippen molar-refractivity contribution in [3.05, 3.63) is 52.9 Å². The van der Waals surface area contributed by atoms with Crippen LogP contribution in [0.5, 0.6) is 17.2 Å². The highest BCUT2D eigenvalue weighted by Crippen LogP contribution is 2.33. The summed E-state index contributed by atoms with van der Waals surface area (Å²) in [7, 11) is 3.04. The maximum Gasteiger partial charge on any atom is 0.204 e. The van der Waals surface area contributed by atoms with E-state index in [0.29, 0.717) is 17.7 Å². The number of aromatic hydroxyl groups is 1. The second kappa shape index (κ2) is 11.7. The summed E-state index contributed by atoms with van der Waals surface area (Å²) in [5.74, 6) is 0.464. The molecule has 3 aromatic rings. The first-order valence-electron chi connectivity index (χ1n) is 13.1. The van der Waals surface area contributed by atoms with Crippen LogP contribution in [0.25, 0.3) is 22.1 Å². The molecule has 0 spiro atoms. The molecule has 0 amide bonds. The lowest BCUT2D eigenvalue weighted by molar-refractivity contribution is -0.222. The number of rotatable bonds is 7. The third kappa shape index (κ3) is 5.67. The predicted octanol–water partition coefficient (Wildman–Crippen LogP) is 2.94. The smallest absolute Gasteiger partial charge is 0.204 e. The van der Waals surface area contributed by atoms with Gasteiger partial charge in [0.05, 0.1) is 30.0 Å². The van der Waals surface area contributed by atoms with E-state index in [1.807, 2.05) is 0 Å². The Morgan fingerprint density at radius 1 is 0.825 bits per heavy atom. The highest BCUT2D eigenvalue weighted by Gasteiger charge is 2.37. The molecule has 11 heteroatoms. The number of hydrogen-bond acceptors (Lipinski definition) is 11. The Bertz CT molecular complexity index is 1370. The van der Waals surface area contributed by atoms with Gasteiger partial charge in [0.25, 0.3) is 0 Å². The second-order valence-corrected chi connectivity index (χ2v) is 10.1. The van der Waals surface area contributed by atoms with E-state index < -0.39 is 54.6 Å². The van der Waals surface area contributed by atoms with Crippen LogP contribution in [-0.2, 0) is 18.9 Å². The van der Waals surface area contributed by atoms with Gasteiger partial charge in [-0.2, -0.15) is 0 Å². The quantitative estimate of drug-likeness (QED) is 0.393. The van der Waals surface area contributed by atoms with Gasteiger partial charge in [-0.15, -0.1) is 0 Å². The third-order valence-electron chi connectivity index (χ3n) is 7.44. The lowest BCUT2D eigenvalue weighted by Gasteiger charge is -2.36. The lowest BCUT2D eigenvalue weighted by atomic mass is 10.0. The first kappa shape index (κ1) is 28.3. The van der Waals surface area contributed by atoms with Crippen molar-refractivity contribution in [3.8, 4) is 28.4 Å². The van der Waals surface area contributed by atoms with Gasteiger partial charge in [0.15, 0.2) is 0 Å². The molecule has 0 radical (unpaired) electrons. The van der Waals surface area contributed by atoms with E-state index in [2.05, 4.69) is 0 Å². The highest BCUT2D eigenvalue weighted by molar-refractivity contribution is 5.88. The van der Waals surface area contributed by atoms with Gasteiger partial charge in [-0.3, -0.25) is 4.79 Å². The van der Waals surface area contributed by atoms with Crippen LogP contribution >= 0.6 is 0 Å². The number of methoxy groups -OCH3 is 2. The molecule has 3 N–H and O–H groups in total. The van der Waals surface area contributed by atoms with Crippen molar-refractivity contribution < 1.29 is 48.2 Å². The van der Waals surface area contributed by atoms with E-state index >= 15 is 0 Å². The Morgan fingerprint density at radius 3 is 1.93 bits per heavy atom. The number of aliphatic hydroxyl groups is 2. The molecule has 0 unspecified atom stereocenters. The molecule has 2 saturated heterocycles. The van der Waals surface area contributed by atoms with Crippen molar-refractivity contribution in [2.24, 2.45) is 0 Å². The fourth-order valence-corrected chi connectivity index (χ4v) is 5.13. The standard InChI is InChI=1S/C29H34O11/c1-14-27(31)22(34-3)11-24(37-14)39-17-7-5-16(6-8-17)19-13-36-21-10-18(9-20(30)26(21)29(19)33)40-25-12-23(35-4)28(32)15(2)38-25/h5-10,13-15,22-25,27-28,30-32H,11-12H2,1-4H3/t14-,15-,22+,23+,24-,25-,27-,28-/m0/s1. The molecule has 1 aromatic heterocycles. The summed E-state index contributed by atoms with van der Waals surface area (Å²) in [6, 6.07) is 9.65. The normalized spacial score (nSPS) is 30.8. The first-order valence-corrected chi connectivity index (χ1v) is 13.1. The number of aliphatic hydroxyl groups excluding tert-OH is 2. The molecule has 2 aromatic carbocycles. The number of phenols is 1. The Labute approximate surface area is 230 Å². The molecular weight excluding hydrogens is 524 g/mol. The van der Waals surface area contributed by atoms with Gasteiger partial charge in [-0.25, -0.2) is 0 Å². The average molecular weight is 559 g/mol. The minimum Gasteiger partial charge on any atom is -0.507 e. The SMILES string of the molecule is CO[C@@H]1C[C@H](Oc2ccc(-c3coc4cc(O[C@H]5C[C@@H](OC)[C@@H](O)[C@H](C)O5)cc(O)c4c3=O)cc2)O[C@@H](C)[C@@H]1O. The summed E-state index contributed by atoms with van der Waals surface area (Å²) in [6.07, 6.45) is -2.68. The first-order chi connectivity index (χ1) is 19.2. The van der Waals surface area contributed by atoms with Gasteiger partial charge in [0, 0.05) is 39.2 Å². The van der Waals surface area contributed by atoms with Crippen LogP contribution in [0.15, 0.2) is 51.9 Å². The van der Waals surface area contributed by atoms with Crippen LogP contribution in [0.4, 0.5) is 0 Å². The Balaban J connectivity index is 1.32. The zero-order valence-electron chi connectivity index (χ0n) is 22.7. The van der Waals surface area contributed by atoms with Crippen LogP contribution < -0.4 is 14.9 Å². The molecule has 2 fully saturated rings. The van der Waals surface area contributed by atoms with Gasteiger partial charge < -0.3 is 48.2 Å². The summed E-state index contributed by atoms with van der Waals surface area (Å²) in [5.41, 5.74) is 0.564. The molecule has 11 nitrogen and oxygen atoms in total. The second-order valence-electron chi connectivity index (χ2n) is 10.1. The third-order valence-corrected chi connectivity index (χ3v) is 7.44. The largest absolute Gasteiger partial charge is 0.507 e. The number of benzene rings is 2. The molecular formula is C29H34O11. The van der Waals surface area contributed by atoms with Crippen LogP contribution in [0.1, 0.15) is 26.7 Å². The van der Waals surface area contributed by atoms with Gasteiger partial charge in [0.1, 0.15) is 46.7 Å². The Hall–Kier alpha value is -3.19. The summed E-state index contributed by atoms with van der Waals surface area (Å²) < 4.78 is 39.6. The van der Waals surface area contributed by atoms with E-state index in [-0.39, 0.29) is 34.5 Å². The molecule has 2 aliphatic rings. The zero-order chi connectivity index (χ0) is 28.6. The van der Waals surface area contributed by atoms with Gasteiger partial charge >= 0.3 is 0 Å². The van der Waals surface area contributed by atoms with Gasteiger partial charge in [-0.05, 0) is 31.5 Å². The lowest BCUT2D eigenvalue weighted by Crippen LogP contribution is -2.49. The van der Waals surface area contributed by atoms with Crippen molar-refractivity contribution in [2.75, 3.05) is 14.2 Å². The number of fused-ring (bicyclic) bond motifs is 1. The van der Waals surface area contributed by atoms with E-state index in [1.54, 1.807) is 38.1 Å². The topological polar surface area (TPSA) is 146 Å². The molecule has 0 saturated carbocycles. The monoisotopic (exact) mass is 558 g/mol. The van der Waals surface area contributed by atoms with Crippen molar-refractivity contribution in [3.63, 3.8) is 0 Å². The molecule has 40 heavy (non-hydrogen) atoms. The number of phenolic OH excluding ortho intramolecular Hbond substituents is 1. The predicted molar refractivity (Wildman–Crippen MR) is 142 cm³/mol. The molecule has 0 aliphatic carbocycles. The van der Waals surface area contributed by atoms with Crippen LogP contribution in [0.2, 0.25) is 0 Å². The minimum atomic E-state index is -0.784. The van der Waals surface area contributed by atoms with Crippen molar-refractivity contribution in [2.45, 2.75) is 75.9 Å². The van der Waals surface area contributed by atoms with Crippen LogP contribution in [0.3, 0.4) is 0 Å². The Kier molecular flexibility index (Phi) is 8.31. The van der Waals surface area contributed by atoms with Gasteiger partial charge in [-0.1, -0.05) is 12.1 Å². The summed E-state index contributed by atoms with van der Waals surface area (Å²) in [5, 5.41) is 31.0. The molecule has 5 rings (SSSR count). The summed E-state index contributed by atoms with van der Waals surface area (Å²) in [4.78, 5) is 13.3. The van der Waals surface area contributed by atoms with Crippen molar-refractivity contribution >= 4 is 11.0 Å². The molecule has 8 atom stereocenters. The number of ether oxygens (including phenoxy) is 6. The van der Waals surface area contributed by atoms with Gasteiger partial charge in [0.2, 0.25) is 18.0 Å².